The molecule has 0 aromatic heterocycles. The molecule has 0 amide bonds. The lowest BCUT2D eigenvalue weighted by Crippen LogP contribution is -2.48. The van der Waals surface area contributed by atoms with Crippen LogP contribution >= 0.6 is 11.8 Å². The van der Waals surface area contributed by atoms with Gasteiger partial charge < -0.3 is 10.5 Å². The van der Waals surface area contributed by atoms with Crippen LogP contribution in [0.2, 0.25) is 0 Å². The number of fused-ring (bicyclic) bond motifs is 1. The van der Waals surface area contributed by atoms with Crippen LogP contribution in [0, 0.1) is 17.8 Å². The van der Waals surface area contributed by atoms with Crippen molar-refractivity contribution in [2.24, 2.45) is 23.5 Å². The zero-order chi connectivity index (χ0) is 11.2. The molecule has 2 saturated carbocycles. The quantitative estimate of drug-likeness (QED) is 0.694. The Hall–Kier alpha value is -0.550. The molecular weight excluding hydrogens is 214 g/mol. The highest BCUT2D eigenvalue weighted by Crippen LogP contribution is 2.62. The summed E-state index contributed by atoms with van der Waals surface area (Å²) in [5, 5.41) is 0.00130. The molecule has 0 aromatic rings. The molecule has 2 fully saturated rings. The predicted octanol–water partition coefficient (Wildman–Crippen LogP) is 0.403. The number of rotatable bonds is 2. The van der Waals surface area contributed by atoms with Crippen molar-refractivity contribution in [3.8, 4) is 0 Å². The molecule has 0 aliphatic heterocycles. The maximum absolute atomic E-state index is 11.7. The number of carbonyl (C=O) groups is 2. The lowest BCUT2D eigenvalue weighted by molar-refractivity contribution is -0.143. The van der Waals surface area contributed by atoms with Crippen LogP contribution in [-0.2, 0) is 14.3 Å². The molecule has 4 nitrogen and oxygen atoms in total. The van der Waals surface area contributed by atoms with E-state index in [2.05, 4.69) is 0 Å². The van der Waals surface area contributed by atoms with E-state index in [-0.39, 0.29) is 28.8 Å². The van der Waals surface area contributed by atoms with E-state index in [1.54, 1.807) is 6.26 Å². The molecule has 0 radical (unpaired) electrons. The molecule has 0 spiro atoms. The zero-order valence-corrected chi connectivity index (χ0v) is 9.67. The molecule has 84 valence electrons. The summed E-state index contributed by atoms with van der Waals surface area (Å²) in [6, 6.07) is 0. The minimum Gasteiger partial charge on any atom is -0.469 e. The van der Waals surface area contributed by atoms with Gasteiger partial charge in [0.1, 0.15) is 0 Å². The fraction of sp³-hybridized carbons (Fsp3) is 0.800. The van der Waals surface area contributed by atoms with Crippen molar-refractivity contribution in [2.75, 3.05) is 13.4 Å². The van der Waals surface area contributed by atoms with Crippen LogP contribution in [0.4, 0.5) is 0 Å². The highest BCUT2D eigenvalue weighted by molar-refractivity contribution is 8.13. The molecule has 2 N–H and O–H groups in total. The summed E-state index contributed by atoms with van der Waals surface area (Å²) >= 11 is 1.16. The van der Waals surface area contributed by atoms with Crippen LogP contribution in [0.15, 0.2) is 0 Å². The summed E-state index contributed by atoms with van der Waals surface area (Å²) in [7, 11) is 1.38. The fourth-order valence-corrected chi connectivity index (χ4v) is 3.51. The highest BCUT2D eigenvalue weighted by Gasteiger charge is 2.69. The third kappa shape index (κ3) is 1.40. The van der Waals surface area contributed by atoms with E-state index in [9.17, 15) is 9.59 Å². The van der Waals surface area contributed by atoms with Crippen LogP contribution in [0.5, 0.6) is 0 Å². The number of esters is 1. The van der Waals surface area contributed by atoms with Gasteiger partial charge in [-0.3, -0.25) is 9.59 Å². The molecular formula is C10H15NO3S. The van der Waals surface area contributed by atoms with Crippen molar-refractivity contribution in [2.45, 2.75) is 18.4 Å². The van der Waals surface area contributed by atoms with E-state index < -0.39 is 5.54 Å². The van der Waals surface area contributed by atoms with E-state index >= 15 is 0 Å². The van der Waals surface area contributed by atoms with Gasteiger partial charge in [0.05, 0.1) is 18.6 Å². The van der Waals surface area contributed by atoms with Gasteiger partial charge in [-0.05, 0) is 25.0 Å². The topological polar surface area (TPSA) is 69.4 Å². The van der Waals surface area contributed by atoms with Crippen LogP contribution in [0.25, 0.3) is 0 Å². The van der Waals surface area contributed by atoms with Gasteiger partial charge in [0.25, 0.3) is 0 Å². The zero-order valence-electron chi connectivity index (χ0n) is 8.86. The van der Waals surface area contributed by atoms with Gasteiger partial charge >= 0.3 is 5.97 Å². The first-order chi connectivity index (χ1) is 7.06. The third-order valence-corrected chi connectivity index (χ3v) is 4.44. The second kappa shape index (κ2) is 3.49. The largest absolute Gasteiger partial charge is 0.469 e. The number of nitrogens with two attached hydrogens (primary N) is 1. The Morgan fingerprint density at radius 1 is 1.53 bits per heavy atom. The maximum atomic E-state index is 11.7. The first kappa shape index (κ1) is 11.0. The van der Waals surface area contributed by atoms with Crippen LogP contribution in [0.3, 0.4) is 0 Å². The highest BCUT2D eigenvalue weighted by atomic mass is 32.2. The molecule has 4 atom stereocenters. The normalized spacial score (nSPS) is 42.2. The van der Waals surface area contributed by atoms with E-state index in [0.29, 0.717) is 6.42 Å². The van der Waals surface area contributed by atoms with Crippen LogP contribution < -0.4 is 5.73 Å². The summed E-state index contributed by atoms with van der Waals surface area (Å²) in [6.45, 7) is 0. The number of hydrogen-bond acceptors (Lipinski definition) is 5. The minimum atomic E-state index is -0.789. The second-order valence-electron chi connectivity index (χ2n) is 4.31. The van der Waals surface area contributed by atoms with Gasteiger partial charge in [0, 0.05) is 5.92 Å². The van der Waals surface area contributed by atoms with Crippen molar-refractivity contribution in [3.05, 3.63) is 0 Å². The molecule has 15 heavy (non-hydrogen) atoms. The van der Waals surface area contributed by atoms with E-state index in [4.69, 9.17) is 10.5 Å². The minimum absolute atomic E-state index is 0.00130. The molecule has 0 heterocycles. The molecule has 2 aliphatic rings. The van der Waals surface area contributed by atoms with E-state index in [0.717, 1.165) is 18.2 Å². The average Bonchev–Trinajstić information content (AvgIpc) is 2.89. The summed E-state index contributed by atoms with van der Waals surface area (Å²) in [5.74, 6) is -0.0540. The Labute approximate surface area is 92.9 Å². The molecule has 5 heteroatoms. The summed E-state index contributed by atoms with van der Waals surface area (Å²) in [4.78, 5) is 23.1. The average molecular weight is 229 g/mol. The first-order valence-corrected chi connectivity index (χ1v) is 6.24. The standard InChI is InChI=1S/C10H15NO3S/c1-14-8(12)6-5-3-4-10(11,7(5)6)9(13)15-2/h5-7H,3-4,11H2,1-2H3/t5-,6-,7-,10-/m0/s1. The fourth-order valence-electron chi connectivity index (χ4n) is 2.89. The Bertz CT molecular complexity index is 320. The number of thioether (sulfide) groups is 1. The van der Waals surface area contributed by atoms with Crippen molar-refractivity contribution < 1.29 is 14.3 Å². The summed E-state index contributed by atoms with van der Waals surface area (Å²) in [5.41, 5.74) is 5.31. The van der Waals surface area contributed by atoms with E-state index in [1.165, 1.54) is 7.11 Å². The van der Waals surface area contributed by atoms with Crippen molar-refractivity contribution in [1.29, 1.82) is 0 Å². The van der Waals surface area contributed by atoms with Gasteiger partial charge in [0.15, 0.2) is 0 Å². The Balaban J connectivity index is 2.13. The SMILES string of the molecule is COC(=O)[C@H]1[C@@H]2CC[C@@](N)(C(=O)SC)[C@@H]21. The van der Waals surface area contributed by atoms with E-state index in [1.807, 2.05) is 0 Å². The predicted molar refractivity (Wildman–Crippen MR) is 57.2 cm³/mol. The van der Waals surface area contributed by atoms with Crippen molar-refractivity contribution >= 4 is 22.8 Å². The molecule has 0 bridgehead atoms. The number of hydrogen-bond donors (Lipinski definition) is 1. The number of ether oxygens (including phenoxy) is 1. The summed E-state index contributed by atoms with van der Waals surface area (Å²) in [6.07, 6.45) is 3.31. The first-order valence-electron chi connectivity index (χ1n) is 5.01. The lowest BCUT2D eigenvalue weighted by Gasteiger charge is -2.24. The molecule has 0 saturated heterocycles. The molecule has 2 aliphatic carbocycles. The Morgan fingerprint density at radius 2 is 2.20 bits per heavy atom. The Kier molecular flexibility index (Phi) is 2.55. The van der Waals surface area contributed by atoms with Crippen molar-refractivity contribution in [1.82, 2.24) is 0 Å². The summed E-state index contributed by atoms with van der Waals surface area (Å²) < 4.78 is 4.70. The van der Waals surface area contributed by atoms with Crippen molar-refractivity contribution in [3.63, 3.8) is 0 Å². The van der Waals surface area contributed by atoms with Gasteiger partial charge in [-0.2, -0.15) is 0 Å². The second-order valence-corrected chi connectivity index (χ2v) is 5.09. The van der Waals surface area contributed by atoms with Gasteiger partial charge in [-0.25, -0.2) is 0 Å². The third-order valence-electron chi connectivity index (χ3n) is 3.69. The maximum Gasteiger partial charge on any atom is 0.309 e. The molecule has 0 aromatic carbocycles. The molecule has 0 unspecified atom stereocenters. The lowest BCUT2D eigenvalue weighted by atomic mass is 9.93. The van der Waals surface area contributed by atoms with Gasteiger partial charge in [0.2, 0.25) is 5.12 Å². The number of methoxy groups -OCH3 is 1. The molecule has 2 rings (SSSR count). The van der Waals surface area contributed by atoms with Gasteiger partial charge in [-0.15, -0.1) is 0 Å². The Morgan fingerprint density at radius 3 is 2.73 bits per heavy atom. The van der Waals surface area contributed by atoms with Crippen LogP contribution in [-0.4, -0.2) is 30.0 Å². The van der Waals surface area contributed by atoms with Crippen LogP contribution in [0.1, 0.15) is 12.8 Å². The monoisotopic (exact) mass is 229 g/mol. The smallest absolute Gasteiger partial charge is 0.309 e. The number of carbonyl (C=O) groups excluding carboxylic acids is 2. The van der Waals surface area contributed by atoms with Gasteiger partial charge in [-0.1, -0.05) is 11.8 Å².